The molecule has 28 heavy (non-hydrogen) atoms. The van der Waals surface area contributed by atoms with E-state index in [1.54, 1.807) is 6.07 Å². The van der Waals surface area contributed by atoms with Gasteiger partial charge in [-0.25, -0.2) is 9.37 Å². The van der Waals surface area contributed by atoms with E-state index in [4.69, 9.17) is 4.42 Å². The quantitative estimate of drug-likeness (QED) is 0.540. The standard InChI is InChI=1S/C22H20FN3O2/c1-11-14-9-13(23)7-8-19(14)28-20(11)12(2)24-22(27)16-10-15(16)21-25-17-5-3-4-6-18(17)26-21/h3-9,12,15-16H,10H2,1-2H3,(H,24,27)(H,25,26)/t12?,15-,16-/m0/s1. The molecule has 6 heteroatoms. The lowest BCUT2D eigenvalue weighted by atomic mass is 10.1. The first-order chi connectivity index (χ1) is 13.5. The van der Waals surface area contributed by atoms with Crippen LogP contribution in [-0.2, 0) is 4.79 Å². The van der Waals surface area contributed by atoms with Gasteiger partial charge < -0.3 is 14.7 Å². The lowest BCUT2D eigenvalue weighted by molar-refractivity contribution is -0.123. The van der Waals surface area contributed by atoms with E-state index in [9.17, 15) is 9.18 Å². The molecule has 3 atom stereocenters. The lowest BCUT2D eigenvalue weighted by Gasteiger charge is -2.12. The highest BCUT2D eigenvalue weighted by Crippen LogP contribution is 2.47. The van der Waals surface area contributed by atoms with Crippen molar-refractivity contribution in [2.75, 3.05) is 0 Å². The van der Waals surface area contributed by atoms with E-state index in [0.717, 1.165) is 34.2 Å². The number of para-hydroxylation sites is 2. The molecular weight excluding hydrogens is 357 g/mol. The van der Waals surface area contributed by atoms with Crippen molar-refractivity contribution in [3.63, 3.8) is 0 Å². The van der Waals surface area contributed by atoms with Gasteiger partial charge in [0.1, 0.15) is 23.0 Å². The maximum Gasteiger partial charge on any atom is 0.224 e. The number of hydrogen-bond donors (Lipinski definition) is 2. The molecule has 1 aliphatic rings. The van der Waals surface area contributed by atoms with Gasteiger partial charge in [0.05, 0.1) is 17.1 Å². The van der Waals surface area contributed by atoms with Gasteiger partial charge in [-0.15, -0.1) is 0 Å². The molecule has 2 N–H and O–H groups in total. The third kappa shape index (κ3) is 2.76. The highest BCUT2D eigenvalue weighted by molar-refractivity contribution is 5.85. The number of aromatic nitrogens is 2. The third-order valence-electron chi connectivity index (χ3n) is 5.57. The molecule has 142 valence electrons. The van der Waals surface area contributed by atoms with Crippen LogP contribution in [0.25, 0.3) is 22.0 Å². The van der Waals surface area contributed by atoms with Crippen molar-refractivity contribution in [2.24, 2.45) is 5.92 Å². The molecule has 0 radical (unpaired) electrons. The van der Waals surface area contributed by atoms with Crippen LogP contribution in [0.3, 0.4) is 0 Å². The van der Waals surface area contributed by atoms with Crippen molar-refractivity contribution >= 4 is 27.9 Å². The molecule has 0 aliphatic heterocycles. The molecule has 2 heterocycles. The van der Waals surface area contributed by atoms with Crippen molar-refractivity contribution in [2.45, 2.75) is 32.2 Å². The molecule has 1 saturated carbocycles. The summed E-state index contributed by atoms with van der Waals surface area (Å²) in [6.07, 6.45) is 0.780. The summed E-state index contributed by atoms with van der Waals surface area (Å²) < 4.78 is 19.4. The normalized spacial score (nSPS) is 19.8. The second-order valence-electron chi connectivity index (χ2n) is 7.55. The van der Waals surface area contributed by atoms with E-state index < -0.39 is 0 Å². The van der Waals surface area contributed by atoms with Crippen LogP contribution >= 0.6 is 0 Å². The Bertz CT molecular complexity index is 1180. The molecular formula is C22H20FN3O2. The topological polar surface area (TPSA) is 70.9 Å². The van der Waals surface area contributed by atoms with Crippen LogP contribution in [0.5, 0.6) is 0 Å². The molecule has 0 spiro atoms. The number of fused-ring (bicyclic) bond motifs is 2. The van der Waals surface area contributed by atoms with E-state index in [1.807, 2.05) is 38.1 Å². The number of nitrogens with zero attached hydrogens (tertiary/aromatic N) is 1. The van der Waals surface area contributed by atoms with E-state index >= 15 is 0 Å². The van der Waals surface area contributed by atoms with Crippen molar-refractivity contribution < 1.29 is 13.6 Å². The minimum atomic E-state index is -0.300. The van der Waals surface area contributed by atoms with E-state index in [-0.39, 0.29) is 29.6 Å². The van der Waals surface area contributed by atoms with Gasteiger partial charge in [-0.2, -0.15) is 0 Å². The minimum absolute atomic E-state index is 0.0102. The first-order valence-corrected chi connectivity index (χ1v) is 9.45. The summed E-state index contributed by atoms with van der Waals surface area (Å²) in [5.74, 6) is 1.24. The molecule has 0 bridgehead atoms. The Morgan fingerprint density at radius 3 is 2.96 bits per heavy atom. The number of furan rings is 1. The summed E-state index contributed by atoms with van der Waals surface area (Å²) in [6, 6.07) is 12.0. The van der Waals surface area contributed by atoms with Crippen LogP contribution in [0, 0.1) is 18.7 Å². The average molecular weight is 377 g/mol. The maximum atomic E-state index is 13.5. The van der Waals surface area contributed by atoms with Crippen molar-refractivity contribution in [1.82, 2.24) is 15.3 Å². The van der Waals surface area contributed by atoms with Crippen LogP contribution in [-0.4, -0.2) is 15.9 Å². The maximum absolute atomic E-state index is 13.5. The fourth-order valence-electron chi connectivity index (χ4n) is 3.95. The Balaban J connectivity index is 1.31. The number of aromatic amines is 1. The van der Waals surface area contributed by atoms with E-state index in [2.05, 4.69) is 15.3 Å². The number of halogens is 1. The average Bonchev–Trinajstić information content (AvgIpc) is 3.27. The second-order valence-corrected chi connectivity index (χ2v) is 7.55. The predicted molar refractivity (Wildman–Crippen MR) is 104 cm³/mol. The highest BCUT2D eigenvalue weighted by Gasteiger charge is 2.46. The number of nitrogens with one attached hydrogen (secondary N) is 2. The summed E-state index contributed by atoms with van der Waals surface area (Å²) in [5, 5.41) is 3.78. The first-order valence-electron chi connectivity index (χ1n) is 9.45. The highest BCUT2D eigenvalue weighted by atomic mass is 19.1. The number of imidazole rings is 1. The largest absolute Gasteiger partial charge is 0.459 e. The summed E-state index contributed by atoms with van der Waals surface area (Å²) in [7, 11) is 0. The fraction of sp³-hybridized carbons (Fsp3) is 0.273. The Morgan fingerprint density at radius 2 is 2.14 bits per heavy atom. The zero-order valence-electron chi connectivity index (χ0n) is 15.6. The zero-order chi connectivity index (χ0) is 19.4. The summed E-state index contributed by atoms with van der Waals surface area (Å²) in [4.78, 5) is 20.6. The Morgan fingerprint density at radius 1 is 1.32 bits per heavy atom. The lowest BCUT2D eigenvalue weighted by Crippen LogP contribution is -2.28. The fourth-order valence-corrected chi connectivity index (χ4v) is 3.95. The second kappa shape index (κ2) is 6.19. The third-order valence-corrected chi connectivity index (χ3v) is 5.57. The number of carbonyl (C=O) groups is 1. The molecule has 2 aromatic carbocycles. The Kier molecular flexibility index (Phi) is 3.75. The van der Waals surface area contributed by atoms with Crippen LogP contribution in [0.15, 0.2) is 46.9 Å². The number of benzene rings is 2. The monoisotopic (exact) mass is 377 g/mol. The van der Waals surface area contributed by atoms with Gasteiger partial charge in [0, 0.05) is 22.8 Å². The smallest absolute Gasteiger partial charge is 0.224 e. The molecule has 4 aromatic rings. The molecule has 2 aromatic heterocycles. The Labute approximate surface area is 161 Å². The Hall–Kier alpha value is -3.15. The van der Waals surface area contributed by atoms with Gasteiger partial charge in [-0.05, 0) is 50.6 Å². The summed E-state index contributed by atoms with van der Waals surface area (Å²) in [5.41, 5.74) is 3.39. The van der Waals surface area contributed by atoms with E-state index in [1.165, 1.54) is 12.1 Å². The first kappa shape index (κ1) is 17.0. The van der Waals surface area contributed by atoms with Crippen molar-refractivity contribution in [3.05, 3.63) is 65.4 Å². The minimum Gasteiger partial charge on any atom is -0.459 e. The van der Waals surface area contributed by atoms with Gasteiger partial charge in [0.25, 0.3) is 0 Å². The van der Waals surface area contributed by atoms with E-state index in [0.29, 0.717) is 11.3 Å². The van der Waals surface area contributed by atoms with Crippen LogP contribution in [0.1, 0.15) is 42.5 Å². The summed E-state index contributed by atoms with van der Waals surface area (Å²) >= 11 is 0. The predicted octanol–water partition coefficient (Wildman–Crippen LogP) is 4.74. The SMILES string of the molecule is Cc1c(C(C)NC(=O)[C@H]2C[C@@H]2c2nc3ccccc3[nH]2)oc2ccc(F)cc12. The number of amides is 1. The number of aryl methyl sites for hydroxylation is 1. The van der Waals surface area contributed by atoms with Gasteiger partial charge in [0.15, 0.2) is 0 Å². The molecule has 1 unspecified atom stereocenters. The van der Waals surface area contributed by atoms with Gasteiger partial charge in [-0.3, -0.25) is 4.79 Å². The van der Waals surface area contributed by atoms with Crippen LogP contribution in [0.2, 0.25) is 0 Å². The molecule has 5 nitrogen and oxygen atoms in total. The van der Waals surface area contributed by atoms with Crippen molar-refractivity contribution in [1.29, 1.82) is 0 Å². The number of H-pyrrole nitrogens is 1. The zero-order valence-corrected chi connectivity index (χ0v) is 15.6. The van der Waals surface area contributed by atoms with Gasteiger partial charge in [-0.1, -0.05) is 12.1 Å². The number of hydrogen-bond acceptors (Lipinski definition) is 3. The van der Waals surface area contributed by atoms with Crippen molar-refractivity contribution in [3.8, 4) is 0 Å². The summed E-state index contributed by atoms with van der Waals surface area (Å²) in [6.45, 7) is 3.77. The number of carbonyl (C=O) groups excluding carboxylic acids is 1. The molecule has 1 fully saturated rings. The molecule has 1 amide bonds. The van der Waals surface area contributed by atoms with Crippen LogP contribution < -0.4 is 5.32 Å². The number of rotatable bonds is 4. The van der Waals surface area contributed by atoms with Crippen LogP contribution in [0.4, 0.5) is 4.39 Å². The molecule has 1 aliphatic carbocycles. The van der Waals surface area contributed by atoms with Gasteiger partial charge in [0.2, 0.25) is 5.91 Å². The molecule has 0 saturated heterocycles. The van der Waals surface area contributed by atoms with Gasteiger partial charge >= 0.3 is 0 Å². The molecule has 5 rings (SSSR count).